The summed E-state index contributed by atoms with van der Waals surface area (Å²) in [4.78, 5) is 18.3. The molecule has 0 bridgehead atoms. The first-order valence-electron chi connectivity index (χ1n) is 6.69. The van der Waals surface area contributed by atoms with E-state index in [1.165, 1.54) is 0 Å². The highest BCUT2D eigenvalue weighted by Gasteiger charge is 2.35. The zero-order chi connectivity index (χ0) is 13.7. The molecule has 1 aromatic heterocycles. The maximum atomic E-state index is 12.1. The van der Waals surface area contributed by atoms with Crippen LogP contribution in [0.25, 0.3) is 0 Å². The molecule has 1 fully saturated rings. The average molecular weight is 263 g/mol. The van der Waals surface area contributed by atoms with Crippen LogP contribution in [0.3, 0.4) is 0 Å². The molecule has 0 saturated carbocycles. The molecule has 5 heteroatoms. The molecular formula is C14H21N3O2. The minimum Gasteiger partial charge on any atom is -0.385 e. The lowest BCUT2D eigenvalue weighted by atomic mass is 9.93. The van der Waals surface area contributed by atoms with Crippen LogP contribution in [0.4, 0.5) is 0 Å². The van der Waals surface area contributed by atoms with Crippen molar-refractivity contribution in [1.82, 2.24) is 9.88 Å². The molecule has 2 rings (SSSR count). The van der Waals surface area contributed by atoms with Crippen molar-refractivity contribution < 1.29 is 9.53 Å². The maximum Gasteiger partial charge on any atom is 0.223 e. The Kier molecular flexibility index (Phi) is 4.87. The Hall–Kier alpha value is -1.46. The SMILES string of the molecule is COCCCN1C(=O)CCC(N)C1c1ccccn1. The first-order valence-corrected chi connectivity index (χ1v) is 6.69. The third-order valence-electron chi connectivity index (χ3n) is 3.49. The molecular weight excluding hydrogens is 242 g/mol. The molecule has 19 heavy (non-hydrogen) atoms. The smallest absolute Gasteiger partial charge is 0.223 e. The van der Waals surface area contributed by atoms with Crippen LogP contribution in [-0.4, -0.2) is 42.1 Å². The van der Waals surface area contributed by atoms with E-state index in [0.29, 0.717) is 19.6 Å². The van der Waals surface area contributed by atoms with E-state index in [0.717, 1.165) is 18.5 Å². The van der Waals surface area contributed by atoms with Gasteiger partial charge in [0.25, 0.3) is 0 Å². The van der Waals surface area contributed by atoms with E-state index in [1.54, 1.807) is 13.3 Å². The Morgan fingerprint density at radius 3 is 3.05 bits per heavy atom. The van der Waals surface area contributed by atoms with Crippen LogP contribution in [-0.2, 0) is 9.53 Å². The molecule has 1 saturated heterocycles. The first-order chi connectivity index (χ1) is 9.24. The normalized spacial score (nSPS) is 23.7. The quantitative estimate of drug-likeness (QED) is 0.808. The molecule has 1 aliphatic rings. The van der Waals surface area contributed by atoms with Gasteiger partial charge in [-0.15, -0.1) is 0 Å². The van der Waals surface area contributed by atoms with E-state index in [2.05, 4.69) is 4.98 Å². The molecule has 0 spiro atoms. The lowest BCUT2D eigenvalue weighted by Gasteiger charge is -2.39. The summed E-state index contributed by atoms with van der Waals surface area (Å²) in [5.74, 6) is 0.161. The molecule has 0 aromatic carbocycles. The summed E-state index contributed by atoms with van der Waals surface area (Å²) in [6, 6.07) is 5.58. The summed E-state index contributed by atoms with van der Waals surface area (Å²) in [5, 5.41) is 0. The number of hydrogen-bond acceptors (Lipinski definition) is 4. The Bertz CT molecular complexity index is 410. The summed E-state index contributed by atoms with van der Waals surface area (Å²) in [6.07, 6.45) is 3.81. The van der Waals surface area contributed by atoms with Crippen molar-refractivity contribution in [2.75, 3.05) is 20.3 Å². The number of amides is 1. The van der Waals surface area contributed by atoms with Gasteiger partial charge < -0.3 is 15.4 Å². The molecule has 1 aromatic rings. The van der Waals surface area contributed by atoms with Gasteiger partial charge in [0.1, 0.15) is 0 Å². The van der Waals surface area contributed by atoms with Crippen LogP contribution in [0.2, 0.25) is 0 Å². The Balaban J connectivity index is 2.16. The van der Waals surface area contributed by atoms with Crippen LogP contribution < -0.4 is 5.73 Å². The third kappa shape index (κ3) is 3.30. The Morgan fingerprint density at radius 2 is 2.37 bits per heavy atom. The molecule has 2 N–H and O–H groups in total. The maximum absolute atomic E-state index is 12.1. The van der Waals surface area contributed by atoms with Crippen LogP contribution in [0.1, 0.15) is 31.0 Å². The number of pyridine rings is 1. The van der Waals surface area contributed by atoms with Crippen LogP contribution >= 0.6 is 0 Å². The number of hydrogen-bond donors (Lipinski definition) is 1. The van der Waals surface area contributed by atoms with Crippen molar-refractivity contribution in [3.8, 4) is 0 Å². The number of carbonyl (C=O) groups excluding carboxylic acids is 1. The van der Waals surface area contributed by atoms with E-state index >= 15 is 0 Å². The van der Waals surface area contributed by atoms with Crippen LogP contribution in [0.5, 0.6) is 0 Å². The number of piperidine rings is 1. The third-order valence-corrected chi connectivity index (χ3v) is 3.49. The van der Waals surface area contributed by atoms with Gasteiger partial charge >= 0.3 is 0 Å². The van der Waals surface area contributed by atoms with Crippen molar-refractivity contribution in [2.45, 2.75) is 31.3 Å². The van der Waals surface area contributed by atoms with Crippen molar-refractivity contribution >= 4 is 5.91 Å². The summed E-state index contributed by atoms with van der Waals surface area (Å²) in [7, 11) is 1.67. The van der Waals surface area contributed by atoms with Crippen LogP contribution in [0, 0.1) is 0 Å². The van der Waals surface area contributed by atoms with Gasteiger partial charge in [0.15, 0.2) is 0 Å². The van der Waals surface area contributed by atoms with Gasteiger partial charge in [0, 0.05) is 38.9 Å². The number of methoxy groups -OCH3 is 1. The fourth-order valence-electron chi connectivity index (χ4n) is 2.55. The number of likely N-dealkylation sites (tertiary alicyclic amines) is 1. The highest BCUT2D eigenvalue weighted by Crippen LogP contribution is 2.29. The molecule has 2 unspecified atom stereocenters. The van der Waals surface area contributed by atoms with E-state index in [9.17, 15) is 4.79 Å². The van der Waals surface area contributed by atoms with Gasteiger partial charge in [-0.05, 0) is 25.0 Å². The van der Waals surface area contributed by atoms with E-state index in [4.69, 9.17) is 10.5 Å². The summed E-state index contributed by atoms with van der Waals surface area (Å²) < 4.78 is 5.05. The highest BCUT2D eigenvalue weighted by molar-refractivity contribution is 5.77. The van der Waals surface area contributed by atoms with Gasteiger partial charge in [-0.1, -0.05) is 6.07 Å². The van der Waals surface area contributed by atoms with Crippen molar-refractivity contribution in [2.24, 2.45) is 5.73 Å². The van der Waals surface area contributed by atoms with Gasteiger partial charge in [0.2, 0.25) is 5.91 Å². The second-order valence-corrected chi connectivity index (χ2v) is 4.84. The van der Waals surface area contributed by atoms with E-state index < -0.39 is 0 Å². The molecule has 104 valence electrons. The standard InChI is InChI=1S/C14H21N3O2/c1-19-10-4-9-17-13(18)7-6-11(15)14(17)12-5-2-3-8-16-12/h2-3,5,8,11,14H,4,6-7,9-10,15H2,1H3. The summed E-state index contributed by atoms with van der Waals surface area (Å²) in [6.45, 7) is 1.32. The second-order valence-electron chi connectivity index (χ2n) is 4.84. The fourth-order valence-corrected chi connectivity index (χ4v) is 2.55. The minimum atomic E-state index is -0.112. The van der Waals surface area contributed by atoms with Crippen LogP contribution in [0.15, 0.2) is 24.4 Å². The molecule has 2 atom stereocenters. The molecule has 0 aliphatic carbocycles. The zero-order valence-corrected chi connectivity index (χ0v) is 11.3. The number of rotatable bonds is 5. The predicted octanol–water partition coefficient (Wildman–Crippen LogP) is 1.11. The molecule has 5 nitrogen and oxygen atoms in total. The molecule has 1 aliphatic heterocycles. The predicted molar refractivity (Wildman–Crippen MR) is 72.4 cm³/mol. The lowest BCUT2D eigenvalue weighted by Crippen LogP contribution is -2.49. The van der Waals surface area contributed by atoms with Crippen molar-refractivity contribution in [3.63, 3.8) is 0 Å². The van der Waals surface area contributed by atoms with E-state index in [1.807, 2.05) is 23.1 Å². The van der Waals surface area contributed by atoms with Gasteiger partial charge in [-0.2, -0.15) is 0 Å². The molecule has 0 radical (unpaired) electrons. The highest BCUT2D eigenvalue weighted by atomic mass is 16.5. The lowest BCUT2D eigenvalue weighted by molar-refractivity contribution is -0.137. The molecule has 2 heterocycles. The van der Waals surface area contributed by atoms with Gasteiger partial charge in [0.05, 0.1) is 11.7 Å². The second kappa shape index (κ2) is 6.63. The van der Waals surface area contributed by atoms with Gasteiger partial charge in [-0.25, -0.2) is 0 Å². The van der Waals surface area contributed by atoms with E-state index in [-0.39, 0.29) is 18.0 Å². The topological polar surface area (TPSA) is 68.5 Å². The largest absolute Gasteiger partial charge is 0.385 e. The number of aromatic nitrogens is 1. The zero-order valence-electron chi connectivity index (χ0n) is 11.3. The van der Waals surface area contributed by atoms with Crippen molar-refractivity contribution in [1.29, 1.82) is 0 Å². The minimum absolute atomic E-state index is 0.0462. The van der Waals surface area contributed by atoms with Crippen molar-refractivity contribution in [3.05, 3.63) is 30.1 Å². The fraction of sp³-hybridized carbons (Fsp3) is 0.571. The molecule has 1 amide bonds. The number of nitrogens with zero attached hydrogens (tertiary/aromatic N) is 2. The average Bonchev–Trinajstić information content (AvgIpc) is 2.44. The Labute approximate surface area is 113 Å². The number of ether oxygens (including phenoxy) is 1. The Morgan fingerprint density at radius 1 is 1.53 bits per heavy atom. The number of nitrogens with two attached hydrogens (primary N) is 1. The first kappa shape index (κ1) is 14.0. The van der Waals surface area contributed by atoms with Gasteiger partial charge in [-0.3, -0.25) is 9.78 Å². The summed E-state index contributed by atoms with van der Waals surface area (Å²) >= 11 is 0. The monoisotopic (exact) mass is 263 g/mol. The number of carbonyl (C=O) groups is 1. The summed E-state index contributed by atoms with van der Waals surface area (Å²) in [5.41, 5.74) is 7.08.